The molecular formula is C42H55NO14. The molecule has 2 spiro atoms. The molecule has 15 nitrogen and oxygen atoms in total. The Morgan fingerprint density at radius 2 is 1.56 bits per heavy atom. The lowest BCUT2D eigenvalue weighted by atomic mass is 9.40. The Labute approximate surface area is 330 Å². The van der Waals surface area contributed by atoms with E-state index >= 15 is 0 Å². The van der Waals surface area contributed by atoms with Gasteiger partial charge in [-0.3, -0.25) is 19.2 Å². The van der Waals surface area contributed by atoms with Gasteiger partial charge in [0.05, 0.1) is 35.1 Å². The zero-order valence-electron chi connectivity index (χ0n) is 33.6. The first-order chi connectivity index (χ1) is 26.8. The second-order valence-corrected chi connectivity index (χ2v) is 20.7. The van der Waals surface area contributed by atoms with Crippen molar-refractivity contribution in [1.29, 1.82) is 0 Å². The smallest absolute Gasteiger partial charge is 0.353 e. The van der Waals surface area contributed by atoms with Gasteiger partial charge in [0.25, 0.3) is 5.79 Å². The molecule has 15 heteroatoms. The summed E-state index contributed by atoms with van der Waals surface area (Å²) in [4.78, 5) is 68.9. The number of epoxide rings is 2. The number of hydrogen-bond acceptors (Lipinski definition) is 15. The predicted molar refractivity (Wildman–Crippen MR) is 190 cm³/mol. The summed E-state index contributed by atoms with van der Waals surface area (Å²) in [5.74, 6) is -9.18. The van der Waals surface area contributed by atoms with Crippen molar-refractivity contribution in [2.75, 3.05) is 6.54 Å². The van der Waals surface area contributed by atoms with E-state index in [1.54, 1.807) is 13.8 Å². The Hall–Kier alpha value is -2.85. The van der Waals surface area contributed by atoms with Crippen LogP contribution >= 0.6 is 0 Å². The van der Waals surface area contributed by atoms with Crippen molar-refractivity contribution in [3.8, 4) is 0 Å². The van der Waals surface area contributed by atoms with Crippen molar-refractivity contribution in [3.63, 3.8) is 0 Å². The van der Waals surface area contributed by atoms with Gasteiger partial charge in [-0.05, 0) is 76.7 Å². The number of carbonyl (C=O) groups excluding carboxylic acids is 5. The fourth-order valence-corrected chi connectivity index (χ4v) is 15.4. The summed E-state index contributed by atoms with van der Waals surface area (Å²) in [6.45, 7) is 12.4. The van der Waals surface area contributed by atoms with Crippen molar-refractivity contribution >= 4 is 29.8 Å². The van der Waals surface area contributed by atoms with Gasteiger partial charge in [0.15, 0.2) is 0 Å². The van der Waals surface area contributed by atoms with Gasteiger partial charge in [-0.25, -0.2) is 4.79 Å². The van der Waals surface area contributed by atoms with E-state index in [2.05, 4.69) is 5.32 Å². The van der Waals surface area contributed by atoms with Crippen LogP contribution in [0.1, 0.15) is 87.0 Å². The van der Waals surface area contributed by atoms with Crippen LogP contribution in [0.4, 0.5) is 0 Å². The Morgan fingerprint density at radius 1 is 0.860 bits per heavy atom. The minimum atomic E-state index is -1.86. The van der Waals surface area contributed by atoms with Gasteiger partial charge in [0.2, 0.25) is 5.60 Å². The highest BCUT2D eigenvalue weighted by Gasteiger charge is 2.94. The number of rotatable bonds is 4. The van der Waals surface area contributed by atoms with Crippen molar-refractivity contribution in [2.24, 2.45) is 69.0 Å². The zero-order valence-corrected chi connectivity index (χ0v) is 33.6. The Kier molecular flexibility index (Phi) is 7.23. The highest BCUT2D eigenvalue weighted by atomic mass is 16.8. The molecule has 2 unspecified atom stereocenters. The minimum Gasteiger partial charge on any atom is -0.460 e. The lowest BCUT2D eigenvalue weighted by Crippen LogP contribution is -2.77. The van der Waals surface area contributed by atoms with E-state index in [4.69, 9.17) is 33.2 Å². The molecule has 7 aliphatic carbocycles. The van der Waals surface area contributed by atoms with Gasteiger partial charge in [0.1, 0.15) is 30.5 Å². The Bertz CT molecular complexity index is 1880. The third kappa shape index (κ3) is 4.24. The summed E-state index contributed by atoms with van der Waals surface area (Å²) in [7, 11) is 0. The summed E-state index contributed by atoms with van der Waals surface area (Å²) in [5.41, 5.74) is -6.18. The molecule has 0 radical (unpaired) electrons. The SMILES string of the molecule is CC(=O)O[C@H]1C2C([C@H]3OC(=O)C4(CCN[C@H]3[C@H]3C[C@@H]5O[C@@H]5[C@H](O)[C@]23C)CC4)[C@@H]2[C@@H](O)[C@@H]3[C@H]([C@H](C)[C@H]4O[C@]45OC(=O)[C@@](C)(OC(=O)C4CC4)[C@]35C)[C@@]2(C)[C@H]1OC(C)=O. The maximum atomic E-state index is 14.4. The van der Waals surface area contributed by atoms with Crippen LogP contribution in [0.25, 0.3) is 0 Å². The molecule has 0 aromatic heterocycles. The molecule has 0 aromatic rings. The van der Waals surface area contributed by atoms with Crippen molar-refractivity contribution in [2.45, 2.75) is 153 Å². The first kappa shape index (κ1) is 37.2. The molecule has 11 aliphatic rings. The quantitative estimate of drug-likeness (QED) is 0.210. The van der Waals surface area contributed by atoms with Gasteiger partial charge in [-0.1, -0.05) is 20.8 Å². The summed E-state index contributed by atoms with van der Waals surface area (Å²) in [6.07, 6.45) is -2.90. The average Bonchev–Trinajstić information content (AvgIpc) is 3.94. The van der Waals surface area contributed by atoms with E-state index in [1.807, 2.05) is 20.8 Å². The van der Waals surface area contributed by atoms with Crippen LogP contribution < -0.4 is 5.32 Å². The molecule has 57 heavy (non-hydrogen) atoms. The number of ether oxygens (including phenoxy) is 7. The topological polar surface area (TPSA) is 209 Å². The molecule has 21 atom stereocenters. The van der Waals surface area contributed by atoms with Crippen LogP contribution in [0, 0.1) is 69.0 Å². The molecule has 0 aromatic carbocycles. The predicted octanol–water partition coefficient (Wildman–Crippen LogP) is 1.57. The number of nitrogens with one attached hydrogen (secondary N) is 1. The van der Waals surface area contributed by atoms with Crippen molar-refractivity contribution < 1.29 is 67.3 Å². The Balaban J connectivity index is 1.14. The molecule has 3 N–H and O–H groups in total. The third-order valence-electron chi connectivity index (χ3n) is 18.4. The van der Waals surface area contributed by atoms with Crippen molar-refractivity contribution in [3.05, 3.63) is 0 Å². The van der Waals surface area contributed by atoms with E-state index in [9.17, 15) is 34.2 Å². The first-order valence-corrected chi connectivity index (χ1v) is 21.3. The molecule has 11 fully saturated rings. The van der Waals surface area contributed by atoms with Gasteiger partial charge >= 0.3 is 29.8 Å². The molecule has 4 heterocycles. The maximum Gasteiger partial charge on any atom is 0.353 e. The summed E-state index contributed by atoms with van der Waals surface area (Å²) >= 11 is 0. The van der Waals surface area contributed by atoms with Crippen molar-refractivity contribution in [1.82, 2.24) is 5.32 Å². The van der Waals surface area contributed by atoms with E-state index < -0.39 is 141 Å². The summed E-state index contributed by atoms with van der Waals surface area (Å²) in [6, 6.07) is -0.462. The molecule has 0 bridgehead atoms. The molecule has 11 rings (SSSR count). The number of fused-ring (bicyclic) bond motifs is 12. The summed E-state index contributed by atoms with van der Waals surface area (Å²) in [5, 5.41) is 29.8. The fraction of sp³-hybridized carbons (Fsp3) is 0.881. The molecule has 7 saturated carbocycles. The van der Waals surface area contributed by atoms with Crippen LogP contribution in [0.2, 0.25) is 0 Å². The summed E-state index contributed by atoms with van der Waals surface area (Å²) < 4.78 is 44.6. The number of hydrogen-bond donors (Lipinski definition) is 3. The minimum absolute atomic E-state index is 0.196. The van der Waals surface area contributed by atoms with Gasteiger partial charge in [-0.2, -0.15) is 0 Å². The second-order valence-electron chi connectivity index (χ2n) is 20.7. The van der Waals surface area contributed by atoms with Crippen LogP contribution in [-0.2, 0) is 57.1 Å². The molecule has 312 valence electrons. The molecule has 4 saturated heterocycles. The highest BCUT2D eigenvalue weighted by molar-refractivity contribution is 5.89. The number of aliphatic hydroxyl groups is 2. The van der Waals surface area contributed by atoms with Gasteiger partial charge in [0, 0.05) is 54.4 Å². The second kappa shape index (κ2) is 11.1. The monoisotopic (exact) mass is 797 g/mol. The third-order valence-corrected chi connectivity index (χ3v) is 18.4. The van der Waals surface area contributed by atoms with Crippen LogP contribution in [0.5, 0.6) is 0 Å². The number of aliphatic hydroxyl groups excluding tert-OH is 2. The largest absolute Gasteiger partial charge is 0.460 e. The lowest BCUT2D eigenvalue weighted by Gasteiger charge is -2.67. The normalized spacial score (nSPS) is 57.8. The zero-order chi connectivity index (χ0) is 40.3. The van der Waals surface area contributed by atoms with Crippen LogP contribution in [0.15, 0.2) is 0 Å². The van der Waals surface area contributed by atoms with Crippen LogP contribution in [-0.4, -0.2) is 113 Å². The van der Waals surface area contributed by atoms with E-state index in [0.717, 1.165) is 0 Å². The van der Waals surface area contributed by atoms with E-state index in [0.29, 0.717) is 45.1 Å². The van der Waals surface area contributed by atoms with Crippen LogP contribution in [0.3, 0.4) is 0 Å². The molecule has 0 amide bonds. The highest BCUT2D eigenvalue weighted by Crippen LogP contribution is 2.81. The first-order valence-electron chi connectivity index (χ1n) is 21.3. The number of carbonyl (C=O) groups is 5. The fourth-order valence-electron chi connectivity index (χ4n) is 15.4. The van der Waals surface area contributed by atoms with Gasteiger partial charge < -0.3 is 48.7 Å². The standard InChI is InChI=1S/C42H55NO14/c1-15-22-25(39(6)40(7,56-34(48)18-8-9-18)35(49)57-42(39)32(15)55-42)27(46)23-21-24(30(51-16(2)44)33(38(22,23)5)52-17(3)45)37(4)19(14-20-28(53-20)31(37)47)26-29(21)54-36(50)41(10-11-41)12-13-43-26/h15,18-33,43,46-47H,8-14H2,1-7H3/t15-,19+,20-,21?,22-,23+,24?,25-,26-,27+,28-,29+,30-,31-,32+,33-,37-,38+,39-,40+,42-/m0/s1. The average molecular weight is 798 g/mol. The molecular weight excluding hydrogens is 742 g/mol. The van der Waals surface area contributed by atoms with Gasteiger partial charge in [-0.15, -0.1) is 0 Å². The van der Waals surface area contributed by atoms with E-state index in [1.165, 1.54) is 13.8 Å². The number of esters is 5. The lowest BCUT2D eigenvalue weighted by molar-refractivity contribution is -0.289. The Morgan fingerprint density at radius 3 is 2.21 bits per heavy atom. The maximum absolute atomic E-state index is 14.4. The van der Waals surface area contributed by atoms with E-state index in [-0.39, 0.29) is 23.9 Å². The molecule has 4 aliphatic heterocycles.